The number of nitro groups is 1. The van der Waals surface area contributed by atoms with Crippen molar-refractivity contribution in [3.63, 3.8) is 0 Å². The molecule has 1 aromatic heterocycles. The van der Waals surface area contributed by atoms with Crippen LogP contribution in [0, 0.1) is 21.4 Å². The van der Waals surface area contributed by atoms with Crippen molar-refractivity contribution in [3.05, 3.63) is 79.6 Å². The molecule has 0 bridgehead atoms. The summed E-state index contributed by atoms with van der Waals surface area (Å²) in [4.78, 5) is 14.9. The predicted molar refractivity (Wildman–Crippen MR) is 99.1 cm³/mol. The first-order chi connectivity index (χ1) is 12.1. The number of hydrogen-bond acceptors (Lipinski definition) is 5. The van der Waals surface area contributed by atoms with Gasteiger partial charge >= 0.3 is 0 Å². The van der Waals surface area contributed by atoms with Crippen molar-refractivity contribution >= 4 is 40.3 Å². The van der Waals surface area contributed by atoms with E-state index in [1.807, 2.05) is 35.7 Å². The highest BCUT2D eigenvalue weighted by Crippen LogP contribution is 2.29. The Balaban J connectivity index is 1.97. The molecule has 7 heteroatoms. The average molecular weight is 368 g/mol. The highest BCUT2D eigenvalue weighted by Gasteiger charge is 2.14. The van der Waals surface area contributed by atoms with Gasteiger partial charge in [0.1, 0.15) is 16.1 Å². The molecule has 25 heavy (non-hydrogen) atoms. The van der Waals surface area contributed by atoms with Gasteiger partial charge in [-0.2, -0.15) is 5.26 Å². The molecule has 0 saturated heterocycles. The Morgan fingerprint density at radius 1 is 1.28 bits per heavy atom. The van der Waals surface area contributed by atoms with E-state index in [2.05, 4.69) is 11.1 Å². The smallest absolute Gasteiger partial charge is 0.258 e. The molecule has 122 valence electrons. The standard InChI is InChI=1S/C18H10ClN3O2S/c19-15-7-6-12(9-17(15)22(23)24)8-14(10-20)18-21-16(11-25-18)13-4-2-1-3-5-13/h1-9,11H/b14-8-. The Morgan fingerprint density at radius 2 is 2.04 bits per heavy atom. The van der Waals surface area contributed by atoms with Gasteiger partial charge in [0.15, 0.2) is 0 Å². The summed E-state index contributed by atoms with van der Waals surface area (Å²) in [5.74, 6) is 0. The number of nitro benzene ring substituents is 1. The first-order valence-electron chi connectivity index (χ1n) is 7.15. The van der Waals surface area contributed by atoms with Gasteiger partial charge in [-0.05, 0) is 17.7 Å². The molecular formula is C18H10ClN3O2S. The lowest BCUT2D eigenvalue weighted by Crippen LogP contribution is -1.90. The fourth-order valence-electron chi connectivity index (χ4n) is 2.21. The number of rotatable bonds is 4. The Hall–Kier alpha value is -3.01. The molecule has 0 fully saturated rings. The number of nitrogens with zero attached hydrogens (tertiary/aromatic N) is 3. The molecule has 0 atom stereocenters. The van der Waals surface area contributed by atoms with Crippen molar-refractivity contribution in [2.45, 2.75) is 0 Å². The number of hydrogen-bond donors (Lipinski definition) is 0. The van der Waals surface area contributed by atoms with Crippen LogP contribution in [-0.2, 0) is 0 Å². The fourth-order valence-corrected chi connectivity index (χ4v) is 3.19. The van der Waals surface area contributed by atoms with E-state index in [1.54, 1.807) is 12.1 Å². The lowest BCUT2D eigenvalue weighted by Gasteiger charge is -1.99. The second kappa shape index (κ2) is 7.26. The summed E-state index contributed by atoms with van der Waals surface area (Å²) in [5.41, 5.74) is 2.40. The molecule has 5 nitrogen and oxygen atoms in total. The number of aromatic nitrogens is 1. The topological polar surface area (TPSA) is 79.8 Å². The van der Waals surface area contributed by atoms with Crippen molar-refractivity contribution in [1.82, 2.24) is 4.98 Å². The van der Waals surface area contributed by atoms with Crippen LogP contribution in [0.1, 0.15) is 10.6 Å². The summed E-state index contributed by atoms with van der Waals surface area (Å²) in [6, 6.07) is 16.1. The molecule has 0 unspecified atom stereocenters. The van der Waals surface area contributed by atoms with Crippen molar-refractivity contribution in [3.8, 4) is 17.3 Å². The zero-order valence-corrected chi connectivity index (χ0v) is 14.3. The molecule has 3 rings (SSSR count). The molecule has 3 aromatic rings. The predicted octanol–water partition coefficient (Wildman–Crippen LogP) is 5.44. The van der Waals surface area contributed by atoms with Gasteiger partial charge < -0.3 is 0 Å². The third kappa shape index (κ3) is 3.74. The summed E-state index contributed by atoms with van der Waals surface area (Å²) in [5, 5.41) is 22.9. The number of halogens is 1. The summed E-state index contributed by atoms with van der Waals surface area (Å²) in [7, 11) is 0. The van der Waals surface area contributed by atoms with Gasteiger partial charge in [-0.1, -0.05) is 48.0 Å². The molecule has 0 saturated carbocycles. The quantitative estimate of drug-likeness (QED) is 0.349. The minimum absolute atomic E-state index is 0.0567. The summed E-state index contributed by atoms with van der Waals surface area (Å²) >= 11 is 7.16. The molecule has 0 N–H and O–H groups in total. The van der Waals surface area contributed by atoms with Crippen LogP contribution >= 0.6 is 22.9 Å². The maximum absolute atomic E-state index is 11.0. The van der Waals surface area contributed by atoms with Crippen LogP contribution in [0.4, 0.5) is 5.69 Å². The number of thiazole rings is 1. The van der Waals surface area contributed by atoms with E-state index in [1.165, 1.54) is 23.5 Å². The van der Waals surface area contributed by atoms with Crippen molar-refractivity contribution < 1.29 is 4.92 Å². The number of benzene rings is 2. The highest BCUT2D eigenvalue weighted by molar-refractivity contribution is 7.11. The van der Waals surface area contributed by atoms with Gasteiger partial charge in [-0.25, -0.2) is 4.98 Å². The Bertz CT molecular complexity index is 1010. The summed E-state index contributed by atoms with van der Waals surface area (Å²) in [6.45, 7) is 0. The third-order valence-electron chi connectivity index (χ3n) is 3.40. The first kappa shape index (κ1) is 16.8. The van der Waals surface area contributed by atoms with Gasteiger partial charge in [0.2, 0.25) is 0 Å². The van der Waals surface area contributed by atoms with Crippen molar-refractivity contribution in [2.75, 3.05) is 0 Å². The van der Waals surface area contributed by atoms with Gasteiger partial charge in [-0.15, -0.1) is 11.3 Å². The van der Waals surface area contributed by atoms with Crippen LogP contribution in [0.25, 0.3) is 22.9 Å². The third-order valence-corrected chi connectivity index (χ3v) is 4.60. The van der Waals surface area contributed by atoms with Gasteiger partial charge in [0.25, 0.3) is 5.69 Å². The number of allylic oxidation sites excluding steroid dienone is 1. The average Bonchev–Trinajstić information content (AvgIpc) is 3.11. The molecule has 1 heterocycles. The molecule has 0 aliphatic carbocycles. The van der Waals surface area contributed by atoms with Crippen molar-refractivity contribution in [1.29, 1.82) is 5.26 Å². The second-order valence-corrected chi connectivity index (χ2v) is 6.31. The number of nitriles is 1. The Labute approximate surface area is 152 Å². The lowest BCUT2D eigenvalue weighted by atomic mass is 10.1. The highest BCUT2D eigenvalue weighted by atomic mass is 35.5. The maximum Gasteiger partial charge on any atom is 0.288 e. The van der Waals surface area contributed by atoms with E-state index in [-0.39, 0.29) is 10.7 Å². The largest absolute Gasteiger partial charge is 0.288 e. The fraction of sp³-hybridized carbons (Fsp3) is 0. The molecule has 0 amide bonds. The van der Waals surface area contributed by atoms with E-state index in [0.717, 1.165) is 11.3 Å². The molecule has 0 aliphatic heterocycles. The molecule has 0 aliphatic rings. The summed E-state index contributed by atoms with van der Waals surface area (Å²) in [6.07, 6.45) is 1.57. The van der Waals surface area contributed by atoms with E-state index in [4.69, 9.17) is 11.6 Å². The first-order valence-corrected chi connectivity index (χ1v) is 8.41. The SMILES string of the molecule is N#C/C(=C/c1ccc(Cl)c([N+](=O)[O-])c1)c1nc(-c2ccccc2)cs1. The minimum atomic E-state index is -0.553. The molecule has 0 spiro atoms. The summed E-state index contributed by atoms with van der Waals surface area (Å²) < 4.78 is 0. The van der Waals surface area contributed by atoms with Crippen LogP contribution < -0.4 is 0 Å². The van der Waals surface area contributed by atoms with E-state index >= 15 is 0 Å². The van der Waals surface area contributed by atoms with Crippen LogP contribution in [-0.4, -0.2) is 9.91 Å². The van der Waals surface area contributed by atoms with Gasteiger partial charge in [0.05, 0.1) is 16.2 Å². The van der Waals surface area contributed by atoms with Crippen LogP contribution in [0.3, 0.4) is 0 Å². The van der Waals surface area contributed by atoms with E-state index < -0.39 is 4.92 Å². The zero-order chi connectivity index (χ0) is 17.8. The van der Waals surface area contributed by atoms with Crippen molar-refractivity contribution in [2.24, 2.45) is 0 Å². The normalized spacial score (nSPS) is 11.1. The molecule has 2 aromatic carbocycles. The maximum atomic E-state index is 11.0. The Kier molecular flexibility index (Phi) is 4.89. The van der Waals surface area contributed by atoms with E-state index in [9.17, 15) is 15.4 Å². The van der Waals surface area contributed by atoms with Gasteiger partial charge in [-0.3, -0.25) is 10.1 Å². The van der Waals surface area contributed by atoms with Gasteiger partial charge in [0, 0.05) is 17.0 Å². The van der Waals surface area contributed by atoms with Crippen LogP contribution in [0.2, 0.25) is 5.02 Å². The zero-order valence-electron chi connectivity index (χ0n) is 12.7. The Morgan fingerprint density at radius 3 is 2.72 bits per heavy atom. The molecular weight excluding hydrogens is 358 g/mol. The monoisotopic (exact) mass is 367 g/mol. The van der Waals surface area contributed by atoms with E-state index in [0.29, 0.717) is 16.1 Å². The minimum Gasteiger partial charge on any atom is -0.258 e. The second-order valence-electron chi connectivity index (χ2n) is 5.04. The lowest BCUT2D eigenvalue weighted by molar-refractivity contribution is -0.384. The van der Waals surface area contributed by atoms with Crippen LogP contribution in [0.5, 0.6) is 0 Å². The van der Waals surface area contributed by atoms with Crippen LogP contribution in [0.15, 0.2) is 53.9 Å². The molecule has 0 radical (unpaired) electrons.